The molecule has 84 valence electrons. The fourth-order valence-electron chi connectivity index (χ4n) is 1.50. The van der Waals surface area contributed by atoms with E-state index >= 15 is 0 Å². The fraction of sp³-hybridized carbons (Fsp3) is 0.273. The molecule has 2 aromatic rings. The summed E-state index contributed by atoms with van der Waals surface area (Å²) in [6.45, 7) is 4.61. The Morgan fingerprint density at radius 2 is 2.19 bits per heavy atom. The normalized spacial score (nSPS) is 10.4. The van der Waals surface area contributed by atoms with Gasteiger partial charge in [0.05, 0.1) is 12.2 Å². The zero-order chi connectivity index (χ0) is 11.5. The minimum Gasteiger partial charge on any atom is -0.493 e. The molecule has 4 nitrogen and oxygen atoms in total. The van der Waals surface area contributed by atoms with Gasteiger partial charge >= 0.3 is 0 Å². The first-order valence-corrected chi connectivity index (χ1v) is 5.85. The molecule has 5 heteroatoms. The lowest BCUT2D eigenvalue weighted by molar-refractivity contribution is 0.339. The van der Waals surface area contributed by atoms with Gasteiger partial charge < -0.3 is 10.5 Å². The van der Waals surface area contributed by atoms with Crippen LogP contribution in [0.3, 0.4) is 0 Å². The molecule has 1 aromatic carbocycles. The first-order valence-electron chi connectivity index (χ1n) is 5.04. The minimum atomic E-state index is 0.471. The van der Waals surface area contributed by atoms with Crippen LogP contribution >= 0.6 is 11.3 Å². The number of anilines is 1. The summed E-state index contributed by atoms with van der Waals surface area (Å²) in [7, 11) is 0. The second-order valence-electron chi connectivity index (χ2n) is 3.33. The number of ether oxygens (including phenoxy) is 1. The van der Waals surface area contributed by atoms with Crippen LogP contribution in [0.15, 0.2) is 18.2 Å². The van der Waals surface area contributed by atoms with Gasteiger partial charge in [0.1, 0.15) is 5.75 Å². The van der Waals surface area contributed by atoms with Crippen molar-refractivity contribution >= 4 is 16.5 Å². The molecule has 0 spiro atoms. The zero-order valence-electron chi connectivity index (χ0n) is 9.23. The van der Waals surface area contributed by atoms with Gasteiger partial charge in [-0.1, -0.05) is 23.5 Å². The molecule has 1 heterocycles. The molecular weight excluding hydrogens is 222 g/mol. The van der Waals surface area contributed by atoms with E-state index in [2.05, 4.69) is 10.2 Å². The Hall–Kier alpha value is -1.62. The Bertz CT molecular complexity index is 496. The average molecular weight is 235 g/mol. The highest BCUT2D eigenvalue weighted by Crippen LogP contribution is 2.35. The van der Waals surface area contributed by atoms with Crippen LogP contribution < -0.4 is 10.5 Å². The SMILES string of the molecule is CCOc1c(C)cccc1-c1nnc(N)s1. The molecule has 0 unspecified atom stereocenters. The van der Waals surface area contributed by atoms with Gasteiger partial charge in [-0.2, -0.15) is 0 Å². The molecular formula is C11H13N3OS. The summed E-state index contributed by atoms with van der Waals surface area (Å²) in [5, 5.41) is 9.12. The quantitative estimate of drug-likeness (QED) is 0.887. The molecule has 0 radical (unpaired) electrons. The number of aryl methyl sites for hydroxylation is 1. The van der Waals surface area contributed by atoms with E-state index in [1.807, 2.05) is 32.0 Å². The number of hydrogen-bond donors (Lipinski definition) is 1. The van der Waals surface area contributed by atoms with E-state index in [-0.39, 0.29) is 0 Å². The number of nitrogen functional groups attached to an aromatic ring is 1. The maximum absolute atomic E-state index is 5.63. The van der Waals surface area contributed by atoms with Crippen LogP contribution in [-0.2, 0) is 0 Å². The van der Waals surface area contributed by atoms with Crippen molar-refractivity contribution in [3.63, 3.8) is 0 Å². The molecule has 2 rings (SSSR count). The number of benzene rings is 1. The Labute approximate surface area is 98.1 Å². The van der Waals surface area contributed by atoms with Crippen molar-refractivity contribution in [2.24, 2.45) is 0 Å². The number of hydrogen-bond acceptors (Lipinski definition) is 5. The molecule has 0 bridgehead atoms. The van der Waals surface area contributed by atoms with E-state index in [9.17, 15) is 0 Å². The monoisotopic (exact) mass is 235 g/mol. The van der Waals surface area contributed by atoms with E-state index in [1.165, 1.54) is 11.3 Å². The maximum atomic E-state index is 5.63. The van der Waals surface area contributed by atoms with Gasteiger partial charge in [-0.15, -0.1) is 10.2 Å². The van der Waals surface area contributed by atoms with Crippen molar-refractivity contribution in [3.8, 4) is 16.3 Å². The molecule has 2 N–H and O–H groups in total. The van der Waals surface area contributed by atoms with Gasteiger partial charge in [0, 0.05) is 0 Å². The van der Waals surface area contributed by atoms with Crippen molar-refractivity contribution in [2.45, 2.75) is 13.8 Å². The second kappa shape index (κ2) is 4.49. The van der Waals surface area contributed by atoms with E-state index in [4.69, 9.17) is 10.5 Å². The molecule has 0 saturated carbocycles. The third kappa shape index (κ3) is 1.99. The second-order valence-corrected chi connectivity index (χ2v) is 4.34. The lowest BCUT2D eigenvalue weighted by Crippen LogP contribution is -1.96. The van der Waals surface area contributed by atoms with Crippen LogP contribution in [0.1, 0.15) is 12.5 Å². The lowest BCUT2D eigenvalue weighted by atomic mass is 10.1. The third-order valence-corrected chi connectivity index (χ3v) is 2.96. The molecule has 0 aliphatic heterocycles. The van der Waals surface area contributed by atoms with Crippen molar-refractivity contribution in [2.75, 3.05) is 12.3 Å². The van der Waals surface area contributed by atoms with Crippen LogP contribution in [0.4, 0.5) is 5.13 Å². The predicted octanol–water partition coefficient (Wildman–Crippen LogP) is 2.49. The average Bonchev–Trinajstić information content (AvgIpc) is 2.68. The molecule has 0 saturated heterocycles. The minimum absolute atomic E-state index is 0.471. The summed E-state index contributed by atoms with van der Waals surface area (Å²) in [5.74, 6) is 0.862. The maximum Gasteiger partial charge on any atom is 0.203 e. The van der Waals surface area contributed by atoms with E-state index in [0.29, 0.717) is 11.7 Å². The summed E-state index contributed by atoms with van der Waals surface area (Å²) in [6, 6.07) is 5.96. The fourth-order valence-corrected chi connectivity index (χ4v) is 2.13. The number of aromatic nitrogens is 2. The molecule has 0 atom stereocenters. The number of nitrogens with two attached hydrogens (primary N) is 1. The standard InChI is InChI=1S/C11H13N3OS/c1-3-15-9-7(2)5-4-6-8(9)10-13-14-11(12)16-10/h4-6H,3H2,1-2H3,(H2,12,14). The van der Waals surface area contributed by atoms with Crippen molar-refractivity contribution in [3.05, 3.63) is 23.8 Å². The first kappa shape index (κ1) is 10.9. The van der Waals surface area contributed by atoms with E-state index in [1.54, 1.807) is 0 Å². The summed E-state index contributed by atoms with van der Waals surface area (Å²) in [4.78, 5) is 0. The van der Waals surface area contributed by atoms with Gasteiger partial charge in [-0.3, -0.25) is 0 Å². The highest BCUT2D eigenvalue weighted by atomic mass is 32.1. The smallest absolute Gasteiger partial charge is 0.203 e. The number of rotatable bonds is 3. The summed E-state index contributed by atoms with van der Waals surface area (Å²) >= 11 is 1.37. The van der Waals surface area contributed by atoms with Crippen LogP contribution in [0.2, 0.25) is 0 Å². The van der Waals surface area contributed by atoms with Crippen molar-refractivity contribution in [1.29, 1.82) is 0 Å². The topological polar surface area (TPSA) is 61.0 Å². The van der Waals surface area contributed by atoms with Gasteiger partial charge in [-0.05, 0) is 25.5 Å². The van der Waals surface area contributed by atoms with Crippen LogP contribution in [0.25, 0.3) is 10.6 Å². The van der Waals surface area contributed by atoms with Crippen LogP contribution in [-0.4, -0.2) is 16.8 Å². The summed E-state index contributed by atoms with van der Waals surface area (Å²) in [6.07, 6.45) is 0. The Balaban J connectivity index is 2.51. The van der Waals surface area contributed by atoms with Crippen LogP contribution in [0.5, 0.6) is 5.75 Å². The van der Waals surface area contributed by atoms with E-state index in [0.717, 1.165) is 21.9 Å². The van der Waals surface area contributed by atoms with Crippen molar-refractivity contribution in [1.82, 2.24) is 10.2 Å². The van der Waals surface area contributed by atoms with Crippen molar-refractivity contribution < 1.29 is 4.74 Å². The van der Waals surface area contributed by atoms with Gasteiger partial charge in [0.2, 0.25) is 5.13 Å². The highest BCUT2D eigenvalue weighted by molar-refractivity contribution is 7.18. The lowest BCUT2D eigenvalue weighted by Gasteiger charge is -2.10. The molecule has 0 aliphatic rings. The summed E-state index contributed by atoms with van der Waals surface area (Å²) in [5.41, 5.74) is 7.63. The van der Waals surface area contributed by atoms with Gasteiger partial charge in [0.25, 0.3) is 0 Å². The highest BCUT2D eigenvalue weighted by Gasteiger charge is 2.12. The molecule has 0 fully saturated rings. The summed E-state index contributed by atoms with van der Waals surface area (Å²) < 4.78 is 5.63. The molecule has 1 aromatic heterocycles. The zero-order valence-corrected chi connectivity index (χ0v) is 10.0. The molecule has 16 heavy (non-hydrogen) atoms. The van der Waals surface area contributed by atoms with Gasteiger partial charge in [-0.25, -0.2) is 0 Å². The Kier molecular flexibility index (Phi) is 3.05. The third-order valence-electron chi connectivity index (χ3n) is 2.17. The van der Waals surface area contributed by atoms with E-state index < -0.39 is 0 Å². The largest absolute Gasteiger partial charge is 0.493 e. The predicted molar refractivity (Wildman–Crippen MR) is 65.7 cm³/mol. The van der Waals surface area contributed by atoms with Gasteiger partial charge in [0.15, 0.2) is 5.01 Å². The molecule has 0 aliphatic carbocycles. The Morgan fingerprint density at radius 1 is 1.38 bits per heavy atom. The number of nitrogens with zero attached hydrogens (tertiary/aromatic N) is 2. The van der Waals surface area contributed by atoms with Crippen LogP contribution in [0, 0.1) is 6.92 Å². The molecule has 0 amide bonds. The number of para-hydroxylation sites is 1. The first-order chi connectivity index (χ1) is 7.72. The Morgan fingerprint density at radius 3 is 2.81 bits per heavy atom.